The summed E-state index contributed by atoms with van der Waals surface area (Å²) in [4.78, 5) is 0. The van der Waals surface area contributed by atoms with Gasteiger partial charge in [0.1, 0.15) is 0 Å². The van der Waals surface area contributed by atoms with Crippen LogP contribution in [0.15, 0.2) is 0 Å². The number of ether oxygens (including phenoxy) is 1. The van der Waals surface area contributed by atoms with Crippen molar-refractivity contribution in [1.29, 1.82) is 0 Å². The second kappa shape index (κ2) is 5.05. The van der Waals surface area contributed by atoms with Crippen LogP contribution in [0.5, 0.6) is 0 Å². The SMILES string of the molecule is CC(COC(C)(C)C(C)(C)CN)C(C)(C)C. The molecule has 0 saturated carbocycles. The highest BCUT2D eigenvalue weighted by Crippen LogP contribution is 2.34. The monoisotopic (exact) mass is 229 g/mol. The third kappa shape index (κ3) is 4.06. The van der Waals surface area contributed by atoms with Crippen molar-refractivity contribution < 1.29 is 4.74 Å². The van der Waals surface area contributed by atoms with Gasteiger partial charge in [0.15, 0.2) is 0 Å². The predicted octanol–water partition coefficient (Wildman–Crippen LogP) is 3.45. The smallest absolute Gasteiger partial charge is 0.0689 e. The normalized spacial score (nSPS) is 16.3. The molecule has 0 spiro atoms. The molecule has 0 aliphatic rings. The highest BCUT2D eigenvalue weighted by atomic mass is 16.5. The molecule has 1 unspecified atom stereocenters. The highest BCUT2D eigenvalue weighted by molar-refractivity contribution is 4.88. The average molecular weight is 229 g/mol. The summed E-state index contributed by atoms with van der Waals surface area (Å²) in [5.41, 5.74) is 5.92. The van der Waals surface area contributed by atoms with E-state index in [9.17, 15) is 0 Å². The van der Waals surface area contributed by atoms with Gasteiger partial charge in [-0.05, 0) is 25.2 Å². The van der Waals surface area contributed by atoms with E-state index in [1.165, 1.54) is 0 Å². The molecule has 16 heavy (non-hydrogen) atoms. The summed E-state index contributed by atoms with van der Waals surface area (Å²) in [6.45, 7) is 19.0. The second-order valence-electron chi connectivity index (χ2n) is 7.18. The minimum atomic E-state index is -0.179. The Bertz CT molecular complexity index is 213. The first-order valence-electron chi connectivity index (χ1n) is 6.28. The Morgan fingerprint density at radius 2 is 1.44 bits per heavy atom. The number of nitrogens with two attached hydrogens (primary N) is 1. The lowest BCUT2D eigenvalue weighted by Crippen LogP contribution is -2.47. The van der Waals surface area contributed by atoms with E-state index in [4.69, 9.17) is 10.5 Å². The van der Waals surface area contributed by atoms with Crippen LogP contribution in [0, 0.1) is 16.7 Å². The quantitative estimate of drug-likeness (QED) is 0.783. The summed E-state index contributed by atoms with van der Waals surface area (Å²) in [7, 11) is 0. The summed E-state index contributed by atoms with van der Waals surface area (Å²) < 4.78 is 6.09. The number of rotatable bonds is 5. The Morgan fingerprint density at radius 3 is 1.75 bits per heavy atom. The van der Waals surface area contributed by atoms with Gasteiger partial charge in [0, 0.05) is 12.0 Å². The third-order valence-electron chi connectivity index (χ3n) is 4.31. The van der Waals surface area contributed by atoms with Crippen molar-refractivity contribution >= 4 is 0 Å². The van der Waals surface area contributed by atoms with E-state index < -0.39 is 0 Å². The van der Waals surface area contributed by atoms with Gasteiger partial charge in [-0.3, -0.25) is 0 Å². The van der Waals surface area contributed by atoms with Gasteiger partial charge in [-0.25, -0.2) is 0 Å². The van der Waals surface area contributed by atoms with Crippen LogP contribution in [-0.2, 0) is 4.74 Å². The van der Waals surface area contributed by atoms with Crippen LogP contribution >= 0.6 is 0 Å². The van der Waals surface area contributed by atoms with Crippen molar-refractivity contribution in [3.63, 3.8) is 0 Å². The molecule has 0 amide bonds. The second-order valence-corrected chi connectivity index (χ2v) is 7.18. The van der Waals surface area contributed by atoms with Crippen LogP contribution < -0.4 is 5.73 Å². The van der Waals surface area contributed by atoms with E-state index in [1.54, 1.807) is 0 Å². The molecule has 0 saturated heterocycles. The minimum Gasteiger partial charge on any atom is -0.375 e. The summed E-state index contributed by atoms with van der Waals surface area (Å²) in [5, 5.41) is 0. The number of hydrogen-bond acceptors (Lipinski definition) is 2. The first-order valence-corrected chi connectivity index (χ1v) is 6.28. The Labute approximate surface area is 102 Å². The van der Waals surface area contributed by atoms with Crippen LogP contribution in [-0.4, -0.2) is 18.8 Å². The largest absolute Gasteiger partial charge is 0.375 e. The molecular weight excluding hydrogens is 198 g/mol. The fourth-order valence-electron chi connectivity index (χ4n) is 1.02. The molecule has 0 aromatic rings. The molecular formula is C14H31NO. The lowest BCUT2D eigenvalue weighted by atomic mass is 9.76. The predicted molar refractivity (Wildman–Crippen MR) is 71.5 cm³/mol. The van der Waals surface area contributed by atoms with Crippen molar-refractivity contribution in [1.82, 2.24) is 0 Å². The topological polar surface area (TPSA) is 35.2 Å². The van der Waals surface area contributed by atoms with Gasteiger partial charge in [-0.2, -0.15) is 0 Å². The molecule has 0 heterocycles. The van der Waals surface area contributed by atoms with E-state index in [1.807, 2.05) is 0 Å². The van der Waals surface area contributed by atoms with Crippen LogP contribution in [0.1, 0.15) is 55.4 Å². The Morgan fingerprint density at radius 1 is 1.00 bits per heavy atom. The zero-order valence-electron chi connectivity index (χ0n) is 12.5. The molecule has 1 atom stereocenters. The van der Waals surface area contributed by atoms with Gasteiger partial charge in [-0.15, -0.1) is 0 Å². The van der Waals surface area contributed by atoms with E-state index in [2.05, 4.69) is 55.4 Å². The molecule has 2 N–H and O–H groups in total. The molecule has 0 aromatic carbocycles. The summed E-state index contributed by atoms with van der Waals surface area (Å²) in [6.07, 6.45) is 0. The van der Waals surface area contributed by atoms with Gasteiger partial charge < -0.3 is 10.5 Å². The highest BCUT2D eigenvalue weighted by Gasteiger charge is 2.37. The van der Waals surface area contributed by atoms with E-state index in [0.29, 0.717) is 17.9 Å². The first kappa shape index (κ1) is 15.9. The van der Waals surface area contributed by atoms with Crippen molar-refractivity contribution in [2.45, 2.75) is 61.0 Å². The fraction of sp³-hybridized carbons (Fsp3) is 1.00. The van der Waals surface area contributed by atoms with Gasteiger partial charge in [-0.1, -0.05) is 41.5 Å². The molecule has 0 aromatic heterocycles. The summed E-state index contributed by atoms with van der Waals surface area (Å²) in [6, 6.07) is 0. The molecule has 2 heteroatoms. The molecule has 2 nitrogen and oxygen atoms in total. The van der Waals surface area contributed by atoms with Crippen molar-refractivity contribution in [2.75, 3.05) is 13.2 Å². The molecule has 0 radical (unpaired) electrons. The maximum atomic E-state index is 6.09. The van der Waals surface area contributed by atoms with Crippen molar-refractivity contribution in [3.05, 3.63) is 0 Å². The van der Waals surface area contributed by atoms with E-state index in [-0.39, 0.29) is 11.0 Å². The zero-order chi connectivity index (χ0) is 13.2. The molecule has 0 rings (SSSR count). The van der Waals surface area contributed by atoms with Crippen molar-refractivity contribution in [2.24, 2.45) is 22.5 Å². The van der Waals surface area contributed by atoms with Gasteiger partial charge in [0.05, 0.1) is 12.2 Å². The lowest BCUT2D eigenvalue weighted by molar-refractivity contribution is -0.112. The van der Waals surface area contributed by atoms with Crippen LogP contribution in [0.3, 0.4) is 0 Å². The van der Waals surface area contributed by atoms with Crippen LogP contribution in [0.2, 0.25) is 0 Å². The third-order valence-corrected chi connectivity index (χ3v) is 4.31. The maximum Gasteiger partial charge on any atom is 0.0689 e. The average Bonchev–Trinajstić information content (AvgIpc) is 2.12. The maximum absolute atomic E-state index is 6.09. The Kier molecular flexibility index (Phi) is 5.03. The lowest BCUT2D eigenvalue weighted by Gasteiger charge is -2.42. The van der Waals surface area contributed by atoms with Gasteiger partial charge >= 0.3 is 0 Å². The molecule has 98 valence electrons. The minimum absolute atomic E-state index is 0.00457. The summed E-state index contributed by atoms with van der Waals surface area (Å²) >= 11 is 0. The number of hydrogen-bond donors (Lipinski definition) is 1. The van der Waals surface area contributed by atoms with E-state index in [0.717, 1.165) is 6.61 Å². The molecule has 0 aliphatic heterocycles. The molecule has 0 aliphatic carbocycles. The van der Waals surface area contributed by atoms with Gasteiger partial charge in [0.25, 0.3) is 0 Å². The first-order chi connectivity index (χ1) is 6.94. The fourth-order valence-corrected chi connectivity index (χ4v) is 1.02. The van der Waals surface area contributed by atoms with Crippen LogP contribution in [0.4, 0.5) is 0 Å². The van der Waals surface area contributed by atoms with Crippen molar-refractivity contribution in [3.8, 4) is 0 Å². The Hall–Kier alpha value is -0.0800. The van der Waals surface area contributed by atoms with Gasteiger partial charge in [0.2, 0.25) is 0 Å². The van der Waals surface area contributed by atoms with E-state index >= 15 is 0 Å². The van der Waals surface area contributed by atoms with Crippen LogP contribution in [0.25, 0.3) is 0 Å². The summed E-state index contributed by atoms with van der Waals surface area (Å²) in [5.74, 6) is 0.542. The standard InChI is InChI=1S/C14H31NO/c1-11(12(2,3)4)9-16-14(7,8)13(5,6)10-15/h11H,9-10,15H2,1-8H3. The molecule has 0 fully saturated rings. The Balaban J connectivity index is 4.41. The zero-order valence-corrected chi connectivity index (χ0v) is 12.5. The molecule has 0 bridgehead atoms.